The van der Waals surface area contributed by atoms with Crippen molar-refractivity contribution < 1.29 is 9.59 Å². The third-order valence-corrected chi connectivity index (χ3v) is 6.06. The Morgan fingerprint density at radius 1 is 0.939 bits per heavy atom. The minimum absolute atomic E-state index is 0.107. The number of hydrogen-bond donors (Lipinski definition) is 2. The second-order valence-electron chi connectivity index (χ2n) is 8.15. The summed E-state index contributed by atoms with van der Waals surface area (Å²) in [5, 5.41) is 5.67. The second kappa shape index (κ2) is 9.83. The molecule has 3 aromatic rings. The summed E-state index contributed by atoms with van der Waals surface area (Å²) in [6, 6.07) is 20.4. The van der Waals surface area contributed by atoms with Crippen molar-refractivity contribution in [1.82, 2.24) is 14.8 Å². The fourth-order valence-corrected chi connectivity index (χ4v) is 4.18. The van der Waals surface area contributed by atoms with Crippen LogP contribution in [0.2, 0.25) is 0 Å². The number of pyridine rings is 1. The van der Waals surface area contributed by atoms with Crippen LogP contribution in [0.5, 0.6) is 0 Å². The van der Waals surface area contributed by atoms with Gasteiger partial charge in [0.2, 0.25) is 11.8 Å². The van der Waals surface area contributed by atoms with Gasteiger partial charge in [-0.2, -0.15) is 0 Å². The van der Waals surface area contributed by atoms with E-state index in [9.17, 15) is 14.4 Å². The molecule has 1 aromatic heterocycles. The third-order valence-electron chi connectivity index (χ3n) is 6.06. The first-order valence-corrected chi connectivity index (χ1v) is 11.1. The molecule has 0 saturated heterocycles. The van der Waals surface area contributed by atoms with Gasteiger partial charge in [0.05, 0.1) is 11.7 Å². The van der Waals surface area contributed by atoms with Crippen molar-refractivity contribution in [1.29, 1.82) is 0 Å². The predicted molar refractivity (Wildman–Crippen MR) is 129 cm³/mol. The molecule has 4 rings (SSSR count). The van der Waals surface area contributed by atoms with Crippen molar-refractivity contribution in [2.45, 2.75) is 39.0 Å². The quantitative estimate of drug-likeness (QED) is 0.587. The summed E-state index contributed by atoms with van der Waals surface area (Å²) in [5.41, 5.74) is 3.46. The first-order valence-electron chi connectivity index (χ1n) is 11.1. The molecular weight excluding hydrogens is 416 g/mol. The molecule has 2 amide bonds. The molecule has 2 N–H and O–H groups in total. The average molecular weight is 445 g/mol. The summed E-state index contributed by atoms with van der Waals surface area (Å²) in [7, 11) is 1.71. The summed E-state index contributed by atoms with van der Waals surface area (Å²) in [6.45, 7) is 2.84. The predicted octanol–water partition coefficient (Wildman–Crippen LogP) is 2.99. The SMILES string of the molecule is CC[C@H](NC)C(=O)Nc1ccc(-c2ccccc2)n(CC(=O)N2Cc3ccccc3C2)c1=O. The van der Waals surface area contributed by atoms with Gasteiger partial charge in [-0.3, -0.25) is 19.0 Å². The normalized spacial score (nSPS) is 13.5. The van der Waals surface area contributed by atoms with Crippen LogP contribution >= 0.6 is 0 Å². The molecule has 7 nitrogen and oxygen atoms in total. The van der Waals surface area contributed by atoms with E-state index in [4.69, 9.17) is 0 Å². The molecule has 0 saturated carbocycles. The van der Waals surface area contributed by atoms with Crippen LogP contribution in [0.4, 0.5) is 5.69 Å². The summed E-state index contributed by atoms with van der Waals surface area (Å²) in [6.07, 6.45) is 0.590. The molecule has 0 radical (unpaired) electrons. The molecule has 0 aliphatic carbocycles. The topological polar surface area (TPSA) is 83.4 Å². The number of hydrogen-bond acceptors (Lipinski definition) is 4. The zero-order chi connectivity index (χ0) is 23.4. The molecule has 0 fully saturated rings. The van der Waals surface area contributed by atoms with Crippen LogP contribution in [-0.2, 0) is 29.2 Å². The van der Waals surface area contributed by atoms with Gasteiger partial charge in [0.25, 0.3) is 5.56 Å². The Hall–Kier alpha value is -3.71. The highest BCUT2D eigenvalue weighted by Crippen LogP contribution is 2.24. The van der Waals surface area contributed by atoms with E-state index in [2.05, 4.69) is 10.6 Å². The summed E-state index contributed by atoms with van der Waals surface area (Å²) in [4.78, 5) is 41.0. The standard InChI is InChI=1S/C26H28N4O3/c1-3-21(27-2)25(32)28-22-13-14-23(18-9-5-4-6-10-18)30(26(22)33)17-24(31)29-15-19-11-7-8-12-20(19)16-29/h4-14,21,27H,3,15-17H2,1-2H3,(H,28,32)/t21-/m0/s1. The van der Waals surface area contributed by atoms with Crippen LogP contribution in [0.15, 0.2) is 71.5 Å². The Kier molecular flexibility index (Phi) is 6.70. The number of nitrogens with one attached hydrogen (secondary N) is 2. The Morgan fingerprint density at radius 2 is 1.58 bits per heavy atom. The summed E-state index contributed by atoms with van der Waals surface area (Å²) in [5.74, 6) is -0.423. The highest BCUT2D eigenvalue weighted by Gasteiger charge is 2.25. The fraction of sp³-hybridized carbons (Fsp3) is 0.269. The van der Waals surface area contributed by atoms with Gasteiger partial charge in [-0.15, -0.1) is 0 Å². The maximum atomic E-state index is 13.4. The number of benzene rings is 2. The van der Waals surface area contributed by atoms with Gasteiger partial charge < -0.3 is 15.5 Å². The monoisotopic (exact) mass is 444 g/mol. The number of rotatable bonds is 7. The molecule has 7 heteroatoms. The molecule has 1 atom stereocenters. The molecule has 0 spiro atoms. The van der Waals surface area contributed by atoms with E-state index < -0.39 is 11.6 Å². The molecule has 1 aliphatic heterocycles. The maximum Gasteiger partial charge on any atom is 0.275 e. The van der Waals surface area contributed by atoms with Crippen molar-refractivity contribution in [3.8, 4) is 11.3 Å². The molecule has 170 valence electrons. The number of nitrogens with zero attached hydrogens (tertiary/aromatic N) is 2. The van der Waals surface area contributed by atoms with Gasteiger partial charge >= 0.3 is 0 Å². The number of amides is 2. The van der Waals surface area contributed by atoms with Crippen LogP contribution in [0, 0.1) is 0 Å². The van der Waals surface area contributed by atoms with Crippen molar-refractivity contribution in [3.05, 3.63) is 88.2 Å². The summed E-state index contributed by atoms with van der Waals surface area (Å²) < 4.78 is 1.45. The van der Waals surface area contributed by atoms with E-state index in [1.165, 1.54) is 4.57 Å². The first-order chi connectivity index (χ1) is 16.0. The number of fused-ring (bicyclic) bond motifs is 1. The van der Waals surface area contributed by atoms with E-state index >= 15 is 0 Å². The lowest BCUT2D eigenvalue weighted by molar-refractivity contribution is -0.132. The average Bonchev–Trinajstić information content (AvgIpc) is 3.27. The number of likely N-dealkylation sites (N-methyl/N-ethyl adjacent to an activating group) is 1. The maximum absolute atomic E-state index is 13.4. The smallest absolute Gasteiger partial charge is 0.275 e. The van der Waals surface area contributed by atoms with Gasteiger partial charge in [-0.1, -0.05) is 61.5 Å². The van der Waals surface area contributed by atoms with Crippen molar-refractivity contribution in [2.75, 3.05) is 12.4 Å². The van der Waals surface area contributed by atoms with E-state index in [0.29, 0.717) is 25.2 Å². The van der Waals surface area contributed by atoms with Gasteiger partial charge in [-0.05, 0) is 42.3 Å². The van der Waals surface area contributed by atoms with Gasteiger partial charge in [0.15, 0.2) is 0 Å². The minimum atomic E-state index is -0.406. The van der Waals surface area contributed by atoms with Crippen LogP contribution < -0.4 is 16.2 Å². The highest BCUT2D eigenvalue weighted by molar-refractivity contribution is 5.94. The second-order valence-corrected chi connectivity index (χ2v) is 8.15. The van der Waals surface area contributed by atoms with Gasteiger partial charge in [0.1, 0.15) is 12.2 Å². The van der Waals surface area contributed by atoms with Crippen LogP contribution in [0.25, 0.3) is 11.3 Å². The van der Waals surface area contributed by atoms with E-state index in [0.717, 1.165) is 16.7 Å². The third kappa shape index (κ3) is 4.73. The molecule has 0 unspecified atom stereocenters. The molecule has 2 heterocycles. The van der Waals surface area contributed by atoms with Crippen LogP contribution in [0.3, 0.4) is 0 Å². The van der Waals surface area contributed by atoms with Crippen molar-refractivity contribution >= 4 is 17.5 Å². The lowest BCUT2D eigenvalue weighted by Gasteiger charge is -2.20. The Balaban J connectivity index is 1.66. The largest absolute Gasteiger partial charge is 0.332 e. The van der Waals surface area contributed by atoms with Crippen LogP contribution in [0.1, 0.15) is 24.5 Å². The van der Waals surface area contributed by atoms with Crippen LogP contribution in [-0.4, -0.2) is 34.4 Å². The Bertz CT molecular complexity index is 1190. The molecule has 0 bridgehead atoms. The highest BCUT2D eigenvalue weighted by atomic mass is 16.2. The van der Waals surface area contributed by atoms with Gasteiger partial charge in [-0.25, -0.2) is 0 Å². The number of carbonyl (C=O) groups excluding carboxylic acids is 2. The zero-order valence-electron chi connectivity index (χ0n) is 18.9. The lowest BCUT2D eigenvalue weighted by atomic mass is 10.1. The minimum Gasteiger partial charge on any atom is -0.332 e. The molecule has 1 aliphatic rings. The molecule has 2 aromatic carbocycles. The molecule has 33 heavy (non-hydrogen) atoms. The first kappa shape index (κ1) is 22.5. The van der Waals surface area contributed by atoms with E-state index in [1.54, 1.807) is 24.1 Å². The van der Waals surface area contributed by atoms with E-state index in [1.807, 2.05) is 61.5 Å². The van der Waals surface area contributed by atoms with E-state index in [-0.39, 0.29) is 24.0 Å². The summed E-state index contributed by atoms with van der Waals surface area (Å²) >= 11 is 0. The molecular formula is C26H28N4O3. The number of aromatic nitrogens is 1. The fourth-order valence-electron chi connectivity index (χ4n) is 4.18. The zero-order valence-corrected chi connectivity index (χ0v) is 18.9. The number of carbonyl (C=O) groups is 2. The van der Waals surface area contributed by atoms with Crippen molar-refractivity contribution in [2.24, 2.45) is 0 Å². The van der Waals surface area contributed by atoms with Crippen molar-refractivity contribution in [3.63, 3.8) is 0 Å². The van der Waals surface area contributed by atoms with Gasteiger partial charge in [0, 0.05) is 13.1 Å². The Labute approximate surface area is 193 Å². The number of anilines is 1. The lowest BCUT2D eigenvalue weighted by Crippen LogP contribution is -2.40. The Morgan fingerprint density at radius 3 is 2.18 bits per heavy atom.